The topological polar surface area (TPSA) is 24.4 Å². The molecule has 1 N–H and O–H groups in total. The molecule has 2 aromatic carbocycles. The SMILES string of the molecule is Cc1cc(Br)c(C=NNc2ccccc2F)c(Br)c1. The number of nitrogens with one attached hydrogen (secondary N) is 1. The van der Waals surface area contributed by atoms with Crippen LogP contribution in [0.25, 0.3) is 0 Å². The highest BCUT2D eigenvalue weighted by atomic mass is 79.9. The van der Waals surface area contributed by atoms with E-state index in [1.165, 1.54) is 6.07 Å². The number of para-hydroxylation sites is 1. The summed E-state index contributed by atoms with van der Waals surface area (Å²) in [6, 6.07) is 10.4. The Bertz CT molecular complexity index is 604. The number of hydrogen-bond acceptors (Lipinski definition) is 2. The second-order valence-corrected chi connectivity index (χ2v) is 5.70. The minimum absolute atomic E-state index is 0.332. The molecule has 98 valence electrons. The lowest BCUT2D eigenvalue weighted by Crippen LogP contribution is -1.95. The van der Waals surface area contributed by atoms with Gasteiger partial charge in [0.15, 0.2) is 0 Å². The molecule has 0 unspecified atom stereocenters. The molecule has 0 aromatic heterocycles. The van der Waals surface area contributed by atoms with Crippen molar-refractivity contribution >= 4 is 43.8 Å². The molecule has 19 heavy (non-hydrogen) atoms. The van der Waals surface area contributed by atoms with Crippen LogP contribution in [0.2, 0.25) is 0 Å². The second kappa shape index (κ2) is 6.30. The van der Waals surface area contributed by atoms with E-state index in [-0.39, 0.29) is 5.82 Å². The maximum Gasteiger partial charge on any atom is 0.148 e. The fraction of sp³-hybridized carbons (Fsp3) is 0.0714. The van der Waals surface area contributed by atoms with E-state index in [2.05, 4.69) is 42.4 Å². The molecule has 0 heterocycles. The zero-order valence-electron chi connectivity index (χ0n) is 10.1. The Hall–Kier alpha value is -1.20. The molecule has 0 aliphatic heterocycles. The first-order valence-electron chi connectivity index (χ1n) is 5.57. The molecular formula is C14H11Br2FN2. The third-order valence-corrected chi connectivity index (χ3v) is 3.79. The first-order valence-corrected chi connectivity index (χ1v) is 7.16. The van der Waals surface area contributed by atoms with Gasteiger partial charge in [0.05, 0.1) is 11.9 Å². The number of nitrogens with zero attached hydrogens (tertiary/aromatic N) is 1. The Balaban J connectivity index is 2.18. The molecule has 0 saturated carbocycles. The van der Waals surface area contributed by atoms with Crippen LogP contribution in [0.1, 0.15) is 11.1 Å². The molecule has 0 saturated heterocycles. The lowest BCUT2D eigenvalue weighted by molar-refractivity contribution is 0.631. The summed E-state index contributed by atoms with van der Waals surface area (Å²) in [5.41, 5.74) is 5.06. The Morgan fingerprint density at radius 3 is 2.42 bits per heavy atom. The average molecular weight is 386 g/mol. The quantitative estimate of drug-likeness (QED) is 0.576. The molecule has 0 bridgehead atoms. The summed E-state index contributed by atoms with van der Waals surface area (Å²) < 4.78 is 15.2. The van der Waals surface area contributed by atoms with E-state index in [1.807, 2.05) is 19.1 Å². The van der Waals surface area contributed by atoms with Crippen molar-refractivity contribution in [3.05, 3.63) is 62.3 Å². The smallest absolute Gasteiger partial charge is 0.148 e. The largest absolute Gasteiger partial charge is 0.276 e. The van der Waals surface area contributed by atoms with Crippen LogP contribution in [0.5, 0.6) is 0 Å². The Morgan fingerprint density at radius 1 is 1.16 bits per heavy atom. The van der Waals surface area contributed by atoms with Gasteiger partial charge in [-0.2, -0.15) is 5.10 Å². The van der Waals surface area contributed by atoms with Crippen molar-refractivity contribution in [3.8, 4) is 0 Å². The summed E-state index contributed by atoms with van der Waals surface area (Å²) in [4.78, 5) is 0. The standard InChI is InChI=1S/C14H11Br2FN2/c1-9-6-11(15)10(12(16)7-9)8-18-19-14-5-3-2-4-13(14)17/h2-8,19H,1H3. The maximum absolute atomic E-state index is 13.4. The van der Waals surface area contributed by atoms with E-state index >= 15 is 0 Å². The number of hydrazone groups is 1. The van der Waals surface area contributed by atoms with E-state index in [4.69, 9.17) is 0 Å². The summed E-state index contributed by atoms with van der Waals surface area (Å²) >= 11 is 6.95. The van der Waals surface area contributed by atoms with E-state index in [0.29, 0.717) is 5.69 Å². The van der Waals surface area contributed by atoms with E-state index in [1.54, 1.807) is 24.4 Å². The van der Waals surface area contributed by atoms with Crippen molar-refractivity contribution in [1.29, 1.82) is 0 Å². The van der Waals surface area contributed by atoms with Crippen LogP contribution in [0.4, 0.5) is 10.1 Å². The highest BCUT2D eigenvalue weighted by Crippen LogP contribution is 2.25. The van der Waals surface area contributed by atoms with Gasteiger partial charge < -0.3 is 0 Å². The number of anilines is 1. The highest BCUT2D eigenvalue weighted by molar-refractivity contribution is 9.11. The zero-order chi connectivity index (χ0) is 13.8. The van der Waals surface area contributed by atoms with Gasteiger partial charge >= 0.3 is 0 Å². The molecule has 0 radical (unpaired) electrons. The molecule has 0 spiro atoms. The van der Waals surface area contributed by atoms with Gasteiger partial charge in [-0.05, 0) is 36.8 Å². The molecule has 2 nitrogen and oxygen atoms in total. The van der Waals surface area contributed by atoms with Crippen LogP contribution in [0.3, 0.4) is 0 Å². The third-order valence-electron chi connectivity index (χ3n) is 2.48. The molecule has 0 atom stereocenters. The summed E-state index contributed by atoms with van der Waals surface area (Å²) in [6.45, 7) is 2.01. The first kappa shape index (κ1) is 14.2. The van der Waals surface area contributed by atoms with Crippen molar-refractivity contribution < 1.29 is 4.39 Å². The summed E-state index contributed by atoms with van der Waals surface area (Å²) in [5.74, 6) is -0.332. The fourth-order valence-corrected chi connectivity index (χ4v) is 3.17. The van der Waals surface area contributed by atoms with Crippen LogP contribution < -0.4 is 5.43 Å². The second-order valence-electron chi connectivity index (χ2n) is 3.99. The lowest BCUT2D eigenvalue weighted by atomic mass is 10.2. The molecular weight excluding hydrogens is 375 g/mol. The van der Waals surface area contributed by atoms with Crippen LogP contribution >= 0.6 is 31.9 Å². The van der Waals surface area contributed by atoms with Crippen molar-refractivity contribution in [1.82, 2.24) is 0 Å². The molecule has 2 aromatic rings. The van der Waals surface area contributed by atoms with Gasteiger partial charge in [-0.15, -0.1) is 0 Å². The van der Waals surface area contributed by atoms with Crippen LogP contribution in [-0.2, 0) is 0 Å². The Labute approximate surface area is 128 Å². The fourth-order valence-electron chi connectivity index (χ4n) is 1.55. The predicted octanol–water partition coefficient (Wildman–Crippen LogP) is 5.11. The van der Waals surface area contributed by atoms with Gasteiger partial charge in [0.1, 0.15) is 5.82 Å². The summed E-state index contributed by atoms with van der Waals surface area (Å²) in [7, 11) is 0. The van der Waals surface area contributed by atoms with Gasteiger partial charge in [-0.25, -0.2) is 4.39 Å². The maximum atomic E-state index is 13.4. The van der Waals surface area contributed by atoms with Crippen molar-refractivity contribution in [2.75, 3.05) is 5.43 Å². The molecule has 0 amide bonds. The number of benzene rings is 2. The minimum atomic E-state index is -0.332. The van der Waals surface area contributed by atoms with E-state index in [0.717, 1.165) is 20.1 Å². The Morgan fingerprint density at radius 2 is 1.79 bits per heavy atom. The average Bonchev–Trinajstić information content (AvgIpc) is 2.34. The normalized spacial score (nSPS) is 10.9. The number of hydrogen-bond donors (Lipinski definition) is 1. The first-order chi connectivity index (χ1) is 9.08. The molecule has 0 aliphatic carbocycles. The van der Waals surface area contributed by atoms with Gasteiger partial charge in [-0.1, -0.05) is 44.0 Å². The minimum Gasteiger partial charge on any atom is -0.276 e. The molecule has 5 heteroatoms. The van der Waals surface area contributed by atoms with E-state index < -0.39 is 0 Å². The van der Waals surface area contributed by atoms with Crippen molar-refractivity contribution in [3.63, 3.8) is 0 Å². The van der Waals surface area contributed by atoms with Gasteiger partial charge in [-0.3, -0.25) is 5.43 Å². The van der Waals surface area contributed by atoms with Crippen molar-refractivity contribution in [2.24, 2.45) is 5.10 Å². The Kier molecular flexibility index (Phi) is 4.71. The number of halogens is 3. The van der Waals surface area contributed by atoms with Crippen LogP contribution in [0, 0.1) is 12.7 Å². The number of rotatable bonds is 3. The monoisotopic (exact) mass is 384 g/mol. The van der Waals surface area contributed by atoms with Crippen LogP contribution in [0.15, 0.2) is 50.4 Å². The predicted molar refractivity (Wildman–Crippen MR) is 84.2 cm³/mol. The zero-order valence-corrected chi connectivity index (χ0v) is 13.3. The van der Waals surface area contributed by atoms with Crippen molar-refractivity contribution in [2.45, 2.75) is 6.92 Å². The third kappa shape index (κ3) is 3.64. The van der Waals surface area contributed by atoms with Crippen LogP contribution in [-0.4, -0.2) is 6.21 Å². The molecule has 2 rings (SSSR count). The summed E-state index contributed by atoms with van der Waals surface area (Å²) in [5, 5.41) is 4.05. The van der Waals surface area contributed by atoms with E-state index in [9.17, 15) is 4.39 Å². The van der Waals surface area contributed by atoms with Gasteiger partial charge in [0.2, 0.25) is 0 Å². The molecule has 0 aliphatic rings. The van der Waals surface area contributed by atoms with Gasteiger partial charge in [0, 0.05) is 14.5 Å². The number of aryl methyl sites for hydroxylation is 1. The van der Waals surface area contributed by atoms with Gasteiger partial charge in [0.25, 0.3) is 0 Å². The molecule has 0 fully saturated rings. The highest BCUT2D eigenvalue weighted by Gasteiger charge is 2.04. The lowest BCUT2D eigenvalue weighted by Gasteiger charge is -2.05. The summed E-state index contributed by atoms with van der Waals surface area (Å²) in [6.07, 6.45) is 1.64.